The van der Waals surface area contributed by atoms with Gasteiger partial charge in [-0.3, -0.25) is 4.79 Å². The summed E-state index contributed by atoms with van der Waals surface area (Å²) in [5.41, 5.74) is 3.17. The number of benzene rings is 2. The highest BCUT2D eigenvalue weighted by Crippen LogP contribution is 2.30. The molecule has 0 atom stereocenters. The van der Waals surface area contributed by atoms with Crippen molar-refractivity contribution >= 4 is 29.1 Å². The Balaban J connectivity index is 0.00000225. The fourth-order valence-corrected chi connectivity index (χ4v) is 3.84. The summed E-state index contributed by atoms with van der Waals surface area (Å²) >= 11 is 12.2. The molecule has 1 N–H and O–H groups in total. The second kappa shape index (κ2) is 8.99. The molecule has 4 nitrogen and oxygen atoms in total. The van der Waals surface area contributed by atoms with E-state index in [1.165, 1.54) is 5.82 Å². The zero-order valence-corrected chi connectivity index (χ0v) is 17.4. The van der Waals surface area contributed by atoms with Gasteiger partial charge < -0.3 is 17.7 Å². The van der Waals surface area contributed by atoms with Crippen LogP contribution in [0.5, 0.6) is 0 Å². The lowest BCUT2D eigenvalue weighted by Gasteiger charge is -2.04. The summed E-state index contributed by atoms with van der Waals surface area (Å²) in [6.07, 6.45) is 4.08. The maximum absolute atomic E-state index is 12.5. The first-order valence-electron chi connectivity index (χ1n) is 9.00. The Morgan fingerprint density at radius 1 is 1.11 bits per heavy atom. The molecule has 0 bridgehead atoms. The molecule has 0 aliphatic carbocycles. The van der Waals surface area contributed by atoms with E-state index in [9.17, 15) is 4.79 Å². The molecular weight excluding hydrogens is 417 g/mol. The first-order valence-corrected chi connectivity index (χ1v) is 9.75. The van der Waals surface area contributed by atoms with Crippen LogP contribution in [0, 0.1) is 0 Å². The minimum absolute atomic E-state index is 0. The number of hydrogen-bond donors (Lipinski definition) is 1. The van der Waals surface area contributed by atoms with Gasteiger partial charge >= 0.3 is 0 Å². The molecule has 28 heavy (non-hydrogen) atoms. The van der Waals surface area contributed by atoms with Crippen molar-refractivity contribution in [3.8, 4) is 11.3 Å². The summed E-state index contributed by atoms with van der Waals surface area (Å²) in [5.74, 6) is 1.18. The summed E-state index contributed by atoms with van der Waals surface area (Å²) in [4.78, 5) is 12.5. The zero-order valence-electron chi connectivity index (χ0n) is 15.2. The summed E-state index contributed by atoms with van der Waals surface area (Å²) in [6.45, 7) is 1.79. The molecule has 2 aromatic carbocycles. The Kier molecular flexibility index (Phi) is 6.65. The topological polar surface area (TPSA) is 37.9 Å². The number of rotatable bonds is 5. The van der Waals surface area contributed by atoms with Gasteiger partial charge in [-0.1, -0.05) is 53.5 Å². The van der Waals surface area contributed by atoms with E-state index in [0.29, 0.717) is 23.1 Å². The quantitative estimate of drug-likeness (QED) is 0.596. The summed E-state index contributed by atoms with van der Waals surface area (Å²) < 4.78 is 4.31. The van der Waals surface area contributed by atoms with E-state index in [0.717, 1.165) is 36.2 Å². The number of carbonyl (C=O) groups is 1. The van der Waals surface area contributed by atoms with E-state index in [1.54, 1.807) is 0 Å². The number of aromatic nitrogens is 2. The number of hydrogen-bond acceptors (Lipinski definition) is 1. The van der Waals surface area contributed by atoms with E-state index < -0.39 is 0 Å². The molecule has 0 radical (unpaired) electrons. The van der Waals surface area contributed by atoms with Gasteiger partial charge in [-0.2, -0.15) is 0 Å². The van der Waals surface area contributed by atoms with Crippen LogP contribution >= 0.6 is 23.2 Å². The molecule has 1 aromatic heterocycles. The van der Waals surface area contributed by atoms with Gasteiger partial charge in [-0.15, -0.1) is 0 Å². The predicted octanol–water partition coefficient (Wildman–Crippen LogP) is 1.02. The Hall–Kier alpha value is -2.01. The van der Waals surface area contributed by atoms with Crippen molar-refractivity contribution < 1.29 is 21.8 Å². The number of nitrogens with one attached hydrogen (secondary N) is 1. The number of halogens is 3. The normalized spacial score (nSPS) is 12.4. The molecule has 0 saturated heterocycles. The second-order valence-electron chi connectivity index (χ2n) is 6.70. The number of amides is 1. The lowest BCUT2D eigenvalue weighted by molar-refractivity contribution is -0.690. The smallest absolute Gasteiger partial charge is 0.262 e. The Morgan fingerprint density at radius 3 is 2.64 bits per heavy atom. The molecule has 146 valence electrons. The van der Waals surface area contributed by atoms with E-state index in [4.69, 9.17) is 23.2 Å². The first-order chi connectivity index (χ1) is 13.1. The van der Waals surface area contributed by atoms with Crippen molar-refractivity contribution in [3.05, 3.63) is 76.2 Å². The molecule has 0 spiro atoms. The van der Waals surface area contributed by atoms with Crippen molar-refractivity contribution in [2.75, 3.05) is 0 Å². The highest BCUT2D eigenvalue weighted by atomic mass is 35.5. The Bertz CT molecular complexity index is 986. The second-order valence-corrected chi connectivity index (χ2v) is 7.52. The third-order valence-electron chi connectivity index (χ3n) is 4.86. The third kappa shape index (κ3) is 4.35. The van der Waals surface area contributed by atoms with Gasteiger partial charge in [0.1, 0.15) is 6.20 Å². The van der Waals surface area contributed by atoms with Crippen LogP contribution in [-0.4, -0.2) is 10.5 Å². The van der Waals surface area contributed by atoms with Crippen LogP contribution in [0.4, 0.5) is 0 Å². The highest BCUT2D eigenvalue weighted by molar-refractivity contribution is 6.42. The van der Waals surface area contributed by atoms with Crippen LogP contribution in [0.3, 0.4) is 0 Å². The predicted molar refractivity (Wildman–Crippen MR) is 107 cm³/mol. The highest BCUT2D eigenvalue weighted by Gasteiger charge is 2.29. The van der Waals surface area contributed by atoms with Gasteiger partial charge in [0, 0.05) is 12.1 Å². The van der Waals surface area contributed by atoms with Crippen molar-refractivity contribution in [1.82, 2.24) is 9.88 Å². The number of fused-ring (bicyclic) bond motifs is 1. The van der Waals surface area contributed by atoms with Gasteiger partial charge in [0.25, 0.3) is 11.7 Å². The standard InChI is InChI=1S/C21H19Cl2N3O.ClH/c22-17-9-8-16(11-18(17)23)19-13-25(21-7-4-10-26(19)21)14-20(27)24-12-15-5-2-1-3-6-15;/h1-3,5-6,8-9,11,13H,4,7,10,12,14H2;1H. The average Bonchev–Trinajstić information content (AvgIpc) is 3.27. The lowest BCUT2D eigenvalue weighted by Crippen LogP contribution is -3.00. The molecule has 2 heterocycles. The minimum Gasteiger partial charge on any atom is -1.00 e. The summed E-state index contributed by atoms with van der Waals surface area (Å²) in [5, 5.41) is 4.08. The molecule has 3 aromatic rings. The van der Waals surface area contributed by atoms with E-state index in [2.05, 4.69) is 9.88 Å². The van der Waals surface area contributed by atoms with Crippen LogP contribution in [0.2, 0.25) is 10.0 Å². The Labute approximate surface area is 180 Å². The number of carbonyl (C=O) groups excluding carboxylic acids is 1. The summed E-state index contributed by atoms with van der Waals surface area (Å²) in [7, 11) is 0. The average molecular weight is 437 g/mol. The van der Waals surface area contributed by atoms with Crippen LogP contribution in [0.1, 0.15) is 17.8 Å². The molecule has 1 aliphatic rings. The lowest BCUT2D eigenvalue weighted by atomic mass is 10.1. The molecule has 0 saturated carbocycles. The Morgan fingerprint density at radius 2 is 1.89 bits per heavy atom. The molecule has 7 heteroatoms. The monoisotopic (exact) mass is 435 g/mol. The maximum Gasteiger partial charge on any atom is 0.262 e. The van der Waals surface area contributed by atoms with Crippen molar-refractivity contribution in [3.63, 3.8) is 0 Å². The van der Waals surface area contributed by atoms with Gasteiger partial charge in [0.2, 0.25) is 0 Å². The van der Waals surface area contributed by atoms with E-state index in [1.807, 2.05) is 59.3 Å². The molecule has 1 amide bonds. The van der Waals surface area contributed by atoms with E-state index in [-0.39, 0.29) is 18.3 Å². The number of nitrogens with zero attached hydrogens (tertiary/aromatic N) is 2. The van der Waals surface area contributed by atoms with Gasteiger partial charge in [-0.25, -0.2) is 9.13 Å². The number of imidazole rings is 1. The first kappa shape index (κ1) is 20.7. The van der Waals surface area contributed by atoms with Gasteiger partial charge in [0.15, 0.2) is 12.2 Å². The zero-order chi connectivity index (χ0) is 18.8. The fourth-order valence-electron chi connectivity index (χ4n) is 3.54. The molecule has 1 aliphatic heterocycles. The molecule has 0 fully saturated rings. The van der Waals surface area contributed by atoms with Crippen LogP contribution in [-0.2, 0) is 30.8 Å². The fraction of sp³-hybridized carbons (Fsp3) is 0.238. The largest absolute Gasteiger partial charge is 1.00 e. The SMILES string of the molecule is O=C(C[n+]1cc(-c2ccc(Cl)c(Cl)c2)n2c1CCC2)NCc1ccccc1.[Cl-]. The van der Waals surface area contributed by atoms with Gasteiger partial charge in [0.05, 0.1) is 23.0 Å². The van der Waals surface area contributed by atoms with E-state index >= 15 is 0 Å². The van der Waals surface area contributed by atoms with Gasteiger partial charge in [-0.05, 0) is 30.2 Å². The van der Waals surface area contributed by atoms with Crippen molar-refractivity contribution in [2.45, 2.75) is 32.5 Å². The molecule has 4 rings (SSSR count). The minimum atomic E-state index is 0. The summed E-state index contributed by atoms with van der Waals surface area (Å²) in [6, 6.07) is 15.6. The van der Waals surface area contributed by atoms with Crippen molar-refractivity contribution in [1.29, 1.82) is 0 Å². The van der Waals surface area contributed by atoms with Crippen LogP contribution in [0.15, 0.2) is 54.7 Å². The molecule has 0 unspecified atom stereocenters. The maximum atomic E-state index is 12.5. The van der Waals surface area contributed by atoms with Crippen molar-refractivity contribution in [2.24, 2.45) is 0 Å². The third-order valence-corrected chi connectivity index (χ3v) is 5.59. The molecular formula is C21H20Cl3N3O. The van der Waals surface area contributed by atoms with Crippen LogP contribution < -0.4 is 22.3 Å². The van der Waals surface area contributed by atoms with Crippen LogP contribution in [0.25, 0.3) is 11.3 Å².